The fraction of sp³-hybridized carbons (Fsp3) is 0.474. The van der Waals surface area contributed by atoms with Crippen molar-refractivity contribution in [1.29, 1.82) is 0 Å². The summed E-state index contributed by atoms with van der Waals surface area (Å²) >= 11 is 0. The highest BCUT2D eigenvalue weighted by molar-refractivity contribution is 5.96. The Bertz CT molecular complexity index is 798. The number of nitrogens with one attached hydrogen (secondary N) is 1. The Labute approximate surface area is 145 Å². The molecule has 0 spiro atoms. The largest absolute Gasteiger partial charge is 0.450 e. The van der Waals surface area contributed by atoms with Gasteiger partial charge in [0, 0.05) is 17.0 Å². The number of furan rings is 1. The third-order valence-electron chi connectivity index (χ3n) is 4.89. The zero-order valence-electron chi connectivity index (χ0n) is 14.4. The molecule has 2 aromatic rings. The lowest BCUT2D eigenvalue weighted by Gasteiger charge is -2.29. The second-order valence-electron chi connectivity index (χ2n) is 6.68. The van der Waals surface area contributed by atoms with E-state index in [1.54, 1.807) is 19.1 Å². The van der Waals surface area contributed by atoms with E-state index in [0.29, 0.717) is 16.9 Å². The molecule has 6 heteroatoms. The van der Waals surface area contributed by atoms with Gasteiger partial charge in [-0.2, -0.15) is 0 Å². The summed E-state index contributed by atoms with van der Waals surface area (Å²) in [6.07, 6.45) is 4.32. The van der Waals surface area contributed by atoms with E-state index in [9.17, 15) is 14.0 Å². The number of rotatable bonds is 4. The van der Waals surface area contributed by atoms with Crippen LogP contribution in [-0.2, 0) is 9.53 Å². The zero-order valence-corrected chi connectivity index (χ0v) is 14.4. The number of ether oxygens (including phenoxy) is 1. The highest BCUT2D eigenvalue weighted by Crippen LogP contribution is 2.27. The Kier molecular flexibility index (Phi) is 5.06. The van der Waals surface area contributed by atoms with Gasteiger partial charge in [-0.25, -0.2) is 9.18 Å². The number of fused-ring (bicyclic) bond motifs is 1. The number of aryl methyl sites for hydroxylation is 1. The third kappa shape index (κ3) is 3.67. The van der Waals surface area contributed by atoms with E-state index in [4.69, 9.17) is 9.15 Å². The highest BCUT2D eigenvalue weighted by atomic mass is 19.1. The molecule has 1 aliphatic rings. The average molecular weight is 347 g/mol. The van der Waals surface area contributed by atoms with E-state index in [-0.39, 0.29) is 29.9 Å². The van der Waals surface area contributed by atoms with Crippen molar-refractivity contribution >= 4 is 22.8 Å². The summed E-state index contributed by atoms with van der Waals surface area (Å²) in [6, 6.07) is 4.61. The average Bonchev–Trinajstić information content (AvgIpc) is 2.93. The van der Waals surface area contributed by atoms with Crippen LogP contribution in [0.15, 0.2) is 22.6 Å². The van der Waals surface area contributed by atoms with Crippen LogP contribution in [0.2, 0.25) is 0 Å². The van der Waals surface area contributed by atoms with Crippen LogP contribution < -0.4 is 5.32 Å². The first-order valence-corrected chi connectivity index (χ1v) is 8.61. The summed E-state index contributed by atoms with van der Waals surface area (Å²) in [6.45, 7) is 3.40. The molecule has 0 aliphatic heterocycles. The molecule has 5 nitrogen and oxygen atoms in total. The summed E-state index contributed by atoms with van der Waals surface area (Å²) in [7, 11) is 0. The lowest BCUT2D eigenvalue weighted by molar-refractivity contribution is -0.125. The number of amides is 1. The molecule has 25 heavy (non-hydrogen) atoms. The molecule has 1 amide bonds. The maximum Gasteiger partial charge on any atom is 0.375 e. The molecule has 1 heterocycles. The van der Waals surface area contributed by atoms with Crippen LogP contribution >= 0.6 is 0 Å². The molecule has 134 valence electrons. The number of esters is 1. The number of carbonyl (C=O) groups excluding carboxylic acids is 2. The molecule has 0 saturated heterocycles. The van der Waals surface area contributed by atoms with Crippen molar-refractivity contribution in [3.8, 4) is 0 Å². The summed E-state index contributed by atoms with van der Waals surface area (Å²) in [5.41, 5.74) is 0.522. The monoisotopic (exact) mass is 347 g/mol. The Morgan fingerprint density at radius 3 is 2.80 bits per heavy atom. The molecule has 1 aromatic carbocycles. The van der Waals surface area contributed by atoms with Crippen LogP contribution in [0.3, 0.4) is 0 Å². The van der Waals surface area contributed by atoms with Crippen molar-refractivity contribution in [3.05, 3.63) is 35.3 Å². The van der Waals surface area contributed by atoms with Gasteiger partial charge in [-0.05, 0) is 31.7 Å². The summed E-state index contributed by atoms with van der Waals surface area (Å²) in [4.78, 5) is 24.2. The van der Waals surface area contributed by atoms with Gasteiger partial charge in [0.2, 0.25) is 5.76 Å². The van der Waals surface area contributed by atoms with E-state index in [1.807, 2.05) is 0 Å². The van der Waals surface area contributed by atoms with Gasteiger partial charge in [0.25, 0.3) is 5.91 Å². The van der Waals surface area contributed by atoms with Crippen LogP contribution in [0, 0.1) is 18.7 Å². The number of benzene rings is 1. The Morgan fingerprint density at radius 1 is 1.32 bits per heavy atom. The van der Waals surface area contributed by atoms with Crippen molar-refractivity contribution in [2.75, 3.05) is 6.61 Å². The number of hydrogen-bond acceptors (Lipinski definition) is 4. The van der Waals surface area contributed by atoms with Crippen LogP contribution in [-0.4, -0.2) is 24.5 Å². The lowest BCUT2D eigenvalue weighted by atomic mass is 9.86. The van der Waals surface area contributed by atoms with Gasteiger partial charge in [-0.15, -0.1) is 0 Å². The van der Waals surface area contributed by atoms with Crippen LogP contribution in [0.4, 0.5) is 4.39 Å². The predicted octanol–water partition coefficient (Wildman–Crippen LogP) is 3.73. The van der Waals surface area contributed by atoms with Gasteiger partial charge in [0.1, 0.15) is 0 Å². The maximum absolute atomic E-state index is 13.7. The van der Waals surface area contributed by atoms with Gasteiger partial charge >= 0.3 is 5.97 Å². The summed E-state index contributed by atoms with van der Waals surface area (Å²) in [5, 5.41) is 3.44. The number of halogens is 1. The van der Waals surface area contributed by atoms with Crippen molar-refractivity contribution in [2.45, 2.75) is 45.6 Å². The summed E-state index contributed by atoms with van der Waals surface area (Å²) < 4.78 is 24.1. The second-order valence-corrected chi connectivity index (χ2v) is 6.68. The van der Waals surface area contributed by atoms with E-state index >= 15 is 0 Å². The fourth-order valence-corrected chi connectivity index (χ4v) is 3.38. The van der Waals surface area contributed by atoms with E-state index < -0.39 is 11.8 Å². The maximum atomic E-state index is 13.7. The van der Waals surface area contributed by atoms with Crippen molar-refractivity contribution in [2.24, 2.45) is 5.92 Å². The van der Waals surface area contributed by atoms with Gasteiger partial charge in [-0.3, -0.25) is 4.79 Å². The molecule has 0 radical (unpaired) electrons. The molecular formula is C19H22FNO4. The Balaban J connectivity index is 1.62. The first-order chi connectivity index (χ1) is 12.0. The minimum Gasteiger partial charge on any atom is -0.450 e. The molecular weight excluding hydrogens is 325 g/mol. The van der Waals surface area contributed by atoms with E-state index in [0.717, 1.165) is 19.3 Å². The topological polar surface area (TPSA) is 68.5 Å². The molecule has 2 unspecified atom stereocenters. The number of para-hydroxylation sites is 1. The second kappa shape index (κ2) is 7.25. The minimum absolute atomic E-state index is 0.0208. The Hall–Kier alpha value is -2.37. The standard InChI is InChI=1S/C19H22FNO4/c1-11-6-3-4-9-15(11)21-16(22)10-24-19(23)17-12(2)13-7-5-8-14(20)18(13)25-17/h5,7-8,11,15H,3-4,6,9-10H2,1-2H3,(H,21,22). The number of hydrogen-bond donors (Lipinski definition) is 1. The van der Waals surface area contributed by atoms with Crippen LogP contribution in [0.25, 0.3) is 11.0 Å². The van der Waals surface area contributed by atoms with Crippen molar-refractivity contribution in [3.63, 3.8) is 0 Å². The zero-order chi connectivity index (χ0) is 18.0. The van der Waals surface area contributed by atoms with Gasteiger partial charge < -0.3 is 14.5 Å². The molecule has 1 fully saturated rings. The van der Waals surface area contributed by atoms with Gasteiger partial charge in [0.05, 0.1) is 0 Å². The molecule has 0 bridgehead atoms. The minimum atomic E-state index is -0.764. The van der Waals surface area contributed by atoms with Gasteiger partial charge in [-0.1, -0.05) is 31.9 Å². The van der Waals surface area contributed by atoms with Crippen LogP contribution in [0.1, 0.15) is 48.7 Å². The first kappa shape index (κ1) is 17.5. The predicted molar refractivity (Wildman–Crippen MR) is 90.8 cm³/mol. The van der Waals surface area contributed by atoms with E-state index in [2.05, 4.69) is 12.2 Å². The third-order valence-corrected chi connectivity index (χ3v) is 4.89. The normalized spacial score (nSPS) is 20.4. The summed E-state index contributed by atoms with van der Waals surface area (Å²) in [5.74, 6) is -1.27. The Morgan fingerprint density at radius 2 is 2.08 bits per heavy atom. The molecule has 1 aromatic heterocycles. The lowest BCUT2D eigenvalue weighted by Crippen LogP contribution is -2.42. The smallest absolute Gasteiger partial charge is 0.375 e. The highest BCUT2D eigenvalue weighted by Gasteiger charge is 2.25. The van der Waals surface area contributed by atoms with Gasteiger partial charge in [0.15, 0.2) is 18.0 Å². The molecule has 3 rings (SSSR count). The van der Waals surface area contributed by atoms with Crippen LogP contribution in [0.5, 0.6) is 0 Å². The van der Waals surface area contributed by atoms with Crippen molar-refractivity contribution in [1.82, 2.24) is 5.32 Å². The fourth-order valence-electron chi connectivity index (χ4n) is 3.38. The molecule has 1 N–H and O–H groups in total. The SMILES string of the molecule is Cc1c(C(=O)OCC(=O)NC2CCCCC2C)oc2c(F)cccc12. The van der Waals surface area contributed by atoms with E-state index in [1.165, 1.54) is 12.5 Å². The van der Waals surface area contributed by atoms with Crippen molar-refractivity contribution < 1.29 is 23.1 Å². The molecule has 1 aliphatic carbocycles. The first-order valence-electron chi connectivity index (χ1n) is 8.61. The molecule has 1 saturated carbocycles. The quantitative estimate of drug-likeness (QED) is 0.856. The molecule has 2 atom stereocenters. The number of carbonyl (C=O) groups is 2.